The van der Waals surface area contributed by atoms with Crippen LogP contribution in [0.4, 0.5) is 4.79 Å². The van der Waals surface area contributed by atoms with Crippen LogP contribution in [-0.4, -0.2) is 52.7 Å². The van der Waals surface area contributed by atoms with Crippen molar-refractivity contribution < 1.29 is 9.53 Å². The van der Waals surface area contributed by atoms with Gasteiger partial charge in [-0.25, -0.2) is 4.79 Å². The van der Waals surface area contributed by atoms with Gasteiger partial charge >= 0.3 is 6.09 Å². The maximum Gasteiger partial charge on any atom is 0.410 e. The Labute approximate surface area is 126 Å². The van der Waals surface area contributed by atoms with Gasteiger partial charge < -0.3 is 9.64 Å². The van der Waals surface area contributed by atoms with Crippen molar-refractivity contribution in [1.29, 1.82) is 0 Å². The summed E-state index contributed by atoms with van der Waals surface area (Å²) in [7, 11) is 0. The average molecular weight is 291 g/mol. The highest BCUT2D eigenvalue weighted by molar-refractivity contribution is 5.68. The molecule has 0 saturated carbocycles. The lowest BCUT2D eigenvalue weighted by Gasteiger charge is -2.38. The topological polar surface area (TPSA) is 45.7 Å². The first-order valence-corrected chi connectivity index (χ1v) is 7.50. The van der Waals surface area contributed by atoms with E-state index in [1.165, 1.54) is 0 Å². The van der Waals surface area contributed by atoms with Gasteiger partial charge in [0.25, 0.3) is 0 Å². The first-order chi connectivity index (χ1) is 9.87. The summed E-state index contributed by atoms with van der Waals surface area (Å²) in [6.07, 6.45) is 1.61. The first kappa shape index (κ1) is 15.8. The van der Waals surface area contributed by atoms with E-state index in [2.05, 4.69) is 16.8 Å². The SMILES string of the molecule is CC(c1ccccn1)N1CCN(C(=O)OC(C)(C)C)CC1. The van der Waals surface area contributed by atoms with Gasteiger partial charge in [0, 0.05) is 38.4 Å². The molecule has 1 saturated heterocycles. The van der Waals surface area contributed by atoms with Crippen LogP contribution in [0.1, 0.15) is 39.4 Å². The van der Waals surface area contributed by atoms with Crippen LogP contribution in [-0.2, 0) is 4.74 Å². The van der Waals surface area contributed by atoms with Crippen molar-refractivity contribution in [2.24, 2.45) is 0 Å². The maximum absolute atomic E-state index is 12.0. The van der Waals surface area contributed by atoms with E-state index in [4.69, 9.17) is 4.74 Å². The number of pyridine rings is 1. The molecule has 5 heteroatoms. The highest BCUT2D eigenvalue weighted by atomic mass is 16.6. The molecular formula is C16H25N3O2. The molecule has 2 rings (SSSR count). The van der Waals surface area contributed by atoms with E-state index in [0.717, 1.165) is 18.8 Å². The van der Waals surface area contributed by atoms with E-state index in [1.54, 1.807) is 4.90 Å². The number of carbonyl (C=O) groups excluding carboxylic acids is 1. The van der Waals surface area contributed by atoms with Gasteiger partial charge in [0.1, 0.15) is 5.60 Å². The Balaban J connectivity index is 1.87. The number of aromatic nitrogens is 1. The molecule has 1 aliphatic heterocycles. The molecule has 1 amide bonds. The van der Waals surface area contributed by atoms with E-state index in [1.807, 2.05) is 45.2 Å². The lowest BCUT2D eigenvalue weighted by molar-refractivity contribution is 0.0108. The van der Waals surface area contributed by atoms with Gasteiger partial charge in [-0.1, -0.05) is 6.07 Å². The summed E-state index contributed by atoms with van der Waals surface area (Å²) in [5.41, 5.74) is 0.637. The van der Waals surface area contributed by atoms with Crippen LogP contribution in [0.2, 0.25) is 0 Å². The second-order valence-electron chi connectivity index (χ2n) is 6.43. The quantitative estimate of drug-likeness (QED) is 0.840. The number of hydrogen-bond donors (Lipinski definition) is 0. The summed E-state index contributed by atoms with van der Waals surface area (Å²) >= 11 is 0. The van der Waals surface area contributed by atoms with Crippen molar-refractivity contribution in [2.75, 3.05) is 26.2 Å². The monoisotopic (exact) mass is 291 g/mol. The molecule has 21 heavy (non-hydrogen) atoms. The lowest BCUT2D eigenvalue weighted by Crippen LogP contribution is -2.50. The second-order valence-corrected chi connectivity index (χ2v) is 6.43. The molecule has 116 valence electrons. The van der Waals surface area contributed by atoms with E-state index in [0.29, 0.717) is 13.1 Å². The van der Waals surface area contributed by atoms with Crippen molar-refractivity contribution in [3.05, 3.63) is 30.1 Å². The number of nitrogens with zero attached hydrogens (tertiary/aromatic N) is 3. The van der Waals surface area contributed by atoms with Gasteiger partial charge in [0.15, 0.2) is 0 Å². The highest BCUT2D eigenvalue weighted by Gasteiger charge is 2.28. The van der Waals surface area contributed by atoms with Crippen LogP contribution < -0.4 is 0 Å². The smallest absolute Gasteiger partial charge is 0.410 e. The third kappa shape index (κ3) is 4.43. The molecule has 0 N–H and O–H groups in total. The number of hydrogen-bond acceptors (Lipinski definition) is 4. The van der Waals surface area contributed by atoms with Crippen LogP contribution in [0, 0.1) is 0 Å². The van der Waals surface area contributed by atoms with E-state index >= 15 is 0 Å². The predicted molar refractivity (Wildman–Crippen MR) is 82.0 cm³/mol. The summed E-state index contributed by atoms with van der Waals surface area (Å²) < 4.78 is 5.41. The fraction of sp³-hybridized carbons (Fsp3) is 0.625. The zero-order valence-corrected chi connectivity index (χ0v) is 13.4. The molecule has 0 radical (unpaired) electrons. The highest BCUT2D eigenvalue weighted by Crippen LogP contribution is 2.20. The van der Waals surface area contributed by atoms with E-state index < -0.39 is 5.60 Å². The second kappa shape index (κ2) is 6.43. The Kier molecular flexibility index (Phi) is 4.83. The number of ether oxygens (including phenoxy) is 1. The zero-order chi connectivity index (χ0) is 15.5. The minimum atomic E-state index is -0.435. The minimum Gasteiger partial charge on any atom is -0.444 e. The molecule has 0 aliphatic carbocycles. The van der Waals surface area contributed by atoms with Crippen LogP contribution in [0.3, 0.4) is 0 Å². The summed E-state index contributed by atoms with van der Waals surface area (Å²) in [4.78, 5) is 20.6. The van der Waals surface area contributed by atoms with E-state index in [9.17, 15) is 4.79 Å². The summed E-state index contributed by atoms with van der Waals surface area (Å²) in [5.74, 6) is 0. The van der Waals surface area contributed by atoms with Crippen LogP contribution in [0.15, 0.2) is 24.4 Å². The molecule has 2 heterocycles. The Hall–Kier alpha value is -1.62. The summed E-state index contributed by atoms with van der Waals surface area (Å²) in [6.45, 7) is 10.9. The maximum atomic E-state index is 12.0. The van der Waals surface area contributed by atoms with Gasteiger partial charge in [-0.05, 0) is 39.8 Å². The van der Waals surface area contributed by atoms with Crippen molar-refractivity contribution in [2.45, 2.75) is 39.3 Å². The largest absolute Gasteiger partial charge is 0.444 e. The molecule has 1 aromatic rings. The average Bonchev–Trinajstić information content (AvgIpc) is 2.46. The predicted octanol–water partition coefficient (Wildman–Crippen LogP) is 2.70. The third-order valence-corrected chi connectivity index (χ3v) is 3.63. The molecule has 1 fully saturated rings. The molecule has 1 atom stereocenters. The zero-order valence-electron chi connectivity index (χ0n) is 13.4. The fourth-order valence-corrected chi connectivity index (χ4v) is 2.43. The summed E-state index contributed by atoms with van der Waals surface area (Å²) in [5, 5.41) is 0. The molecule has 5 nitrogen and oxygen atoms in total. The summed E-state index contributed by atoms with van der Waals surface area (Å²) in [6, 6.07) is 6.25. The Morgan fingerprint density at radius 1 is 1.24 bits per heavy atom. The van der Waals surface area contributed by atoms with Crippen molar-refractivity contribution in [1.82, 2.24) is 14.8 Å². The van der Waals surface area contributed by atoms with Gasteiger partial charge in [0.05, 0.1) is 5.69 Å². The minimum absolute atomic E-state index is 0.215. The number of carbonyl (C=O) groups is 1. The first-order valence-electron chi connectivity index (χ1n) is 7.50. The Morgan fingerprint density at radius 2 is 1.90 bits per heavy atom. The van der Waals surface area contributed by atoms with Gasteiger partial charge in [-0.15, -0.1) is 0 Å². The standard InChI is InChI=1S/C16H25N3O2/c1-13(14-7-5-6-8-17-14)18-9-11-19(12-10-18)15(20)21-16(2,3)4/h5-8,13H,9-12H2,1-4H3. The molecule has 1 unspecified atom stereocenters. The van der Waals surface area contributed by atoms with Crippen molar-refractivity contribution in [3.63, 3.8) is 0 Å². The number of piperazine rings is 1. The Morgan fingerprint density at radius 3 is 2.43 bits per heavy atom. The third-order valence-electron chi connectivity index (χ3n) is 3.63. The van der Waals surface area contributed by atoms with Crippen LogP contribution in [0.5, 0.6) is 0 Å². The number of amides is 1. The van der Waals surface area contributed by atoms with Gasteiger partial charge in [-0.2, -0.15) is 0 Å². The molecular weight excluding hydrogens is 266 g/mol. The Bertz CT molecular complexity index is 462. The van der Waals surface area contributed by atoms with E-state index in [-0.39, 0.29) is 12.1 Å². The van der Waals surface area contributed by atoms with Crippen LogP contribution in [0.25, 0.3) is 0 Å². The van der Waals surface area contributed by atoms with Crippen LogP contribution >= 0.6 is 0 Å². The molecule has 0 bridgehead atoms. The normalized spacial score (nSPS) is 18.4. The van der Waals surface area contributed by atoms with Gasteiger partial charge in [-0.3, -0.25) is 9.88 Å². The molecule has 0 aromatic carbocycles. The van der Waals surface area contributed by atoms with Gasteiger partial charge in [0.2, 0.25) is 0 Å². The molecule has 1 aliphatic rings. The number of rotatable bonds is 2. The molecule has 1 aromatic heterocycles. The lowest BCUT2D eigenvalue weighted by atomic mass is 10.1. The van der Waals surface area contributed by atoms with Crippen molar-refractivity contribution in [3.8, 4) is 0 Å². The molecule has 0 spiro atoms. The fourth-order valence-electron chi connectivity index (χ4n) is 2.43. The van der Waals surface area contributed by atoms with Crippen molar-refractivity contribution >= 4 is 6.09 Å².